The Morgan fingerprint density at radius 1 is 0.852 bits per heavy atom. The van der Waals surface area contributed by atoms with Crippen molar-refractivity contribution in [2.24, 2.45) is 0 Å². The first-order valence-corrected chi connectivity index (χ1v) is 13.5. The van der Waals surface area contributed by atoms with Gasteiger partial charge in [0.2, 0.25) is 0 Å². The van der Waals surface area contributed by atoms with E-state index < -0.39 is 8.32 Å². The van der Waals surface area contributed by atoms with Gasteiger partial charge in [-0.05, 0) is 59.8 Å². The van der Waals surface area contributed by atoms with Gasteiger partial charge in [0.05, 0.1) is 6.10 Å². The highest BCUT2D eigenvalue weighted by Gasteiger charge is 2.32. The summed E-state index contributed by atoms with van der Waals surface area (Å²) in [7, 11) is -1.65. The van der Waals surface area contributed by atoms with E-state index in [-0.39, 0.29) is 6.10 Å². The second-order valence-corrected chi connectivity index (χ2v) is 12.4. The SMILES string of the molecule is CCCCC/C=C/CC(O[Si](CC)(CC)CC)c1ccc2ccccc2c1. The lowest BCUT2D eigenvalue weighted by Crippen LogP contribution is -2.37. The van der Waals surface area contributed by atoms with Gasteiger partial charge in [0.15, 0.2) is 8.32 Å². The van der Waals surface area contributed by atoms with E-state index in [9.17, 15) is 0 Å². The summed E-state index contributed by atoms with van der Waals surface area (Å²) in [5.41, 5.74) is 1.33. The van der Waals surface area contributed by atoms with E-state index in [1.54, 1.807) is 0 Å². The topological polar surface area (TPSA) is 9.23 Å². The molecule has 148 valence electrons. The van der Waals surface area contributed by atoms with E-state index in [2.05, 4.69) is 82.3 Å². The minimum Gasteiger partial charge on any atom is -0.410 e. The first kappa shape index (κ1) is 21.9. The van der Waals surface area contributed by atoms with Gasteiger partial charge in [-0.2, -0.15) is 0 Å². The zero-order chi connectivity index (χ0) is 19.5. The van der Waals surface area contributed by atoms with E-state index in [0.717, 1.165) is 6.42 Å². The molecule has 0 bridgehead atoms. The molecule has 2 rings (SSSR count). The minimum atomic E-state index is -1.65. The van der Waals surface area contributed by atoms with Crippen LogP contribution in [0.1, 0.15) is 71.5 Å². The summed E-state index contributed by atoms with van der Waals surface area (Å²) in [5, 5.41) is 2.62. The van der Waals surface area contributed by atoms with E-state index >= 15 is 0 Å². The molecule has 1 atom stereocenters. The fraction of sp³-hybridized carbons (Fsp3) is 0.520. The van der Waals surface area contributed by atoms with Crippen LogP contribution in [0.5, 0.6) is 0 Å². The summed E-state index contributed by atoms with van der Waals surface area (Å²) in [4.78, 5) is 0. The quantitative estimate of drug-likeness (QED) is 0.203. The van der Waals surface area contributed by atoms with Gasteiger partial charge < -0.3 is 4.43 Å². The maximum absolute atomic E-state index is 6.94. The van der Waals surface area contributed by atoms with Crippen molar-refractivity contribution in [1.29, 1.82) is 0 Å². The highest BCUT2D eigenvalue weighted by atomic mass is 28.4. The average Bonchev–Trinajstić information content (AvgIpc) is 2.73. The first-order valence-electron chi connectivity index (χ1n) is 11.0. The molecule has 0 saturated carbocycles. The predicted octanol–water partition coefficient (Wildman–Crippen LogP) is 8.43. The molecule has 2 aromatic carbocycles. The summed E-state index contributed by atoms with van der Waals surface area (Å²) < 4.78 is 6.94. The Labute approximate surface area is 168 Å². The van der Waals surface area contributed by atoms with Gasteiger partial charge in [0.25, 0.3) is 0 Å². The Morgan fingerprint density at radius 3 is 2.22 bits per heavy atom. The van der Waals surface area contributed by atoms with Crippen LogP contribution >= 0.6 is 0 Å². The standard InChI is InChI=1S/C25H38OSi/c1-5-9-10-11-12-13-18-25(26-27(6-2,7-3)8-4)24-20-19-22-16-14-15-17-23(22)21-24/h12-17,19-21,25H,5-11,18H2,1-4H3/b13-12+. The Bertz CT molecular complexity index is 694. The van der Waals surface area contributed by atoms with Gasteiger partial charge in [-0.15, -0.1) is 0 Å². The predicted molar refractivity (Wildman–Crippen MR) is 123 cm³/mol. The molecule has 0 heterocycles. The molecule has 0 fully saturated rings. The van der Waals surface area contributed by atoms with E-state index in [4.69, 9.17) is 4.43 Å². The van der Waals surface area contributed by atoms with Crippen LogP contribution in [0.2, 0.25) is 18.1 Å². The normalized spacial score (nSPS) is 13.5. The van der Waals surface area contributed by atoms with E-state index in [1.165, 1.54) is 60.2 Å². The number of hydrogen-bond acceptors (Lipinski definition) is 1. The second-order valence-electron chi connectivity index (χ2n) is 7.66. The number of benzene rings is 2. The highest BCUT2D eigenvalue weighted by Crippen LogP contribution is 2.33. The molecule has 0 aliphatic carbocycles. The number of fused-ring (bicyclic) bond motifs is 1. The average molecular weight is 383 g/mol. The summed E-state index contributed by atoms with van der Waals surface area (Å²) in [6, 6.07) is 19.1. The molecule has 2 heteroatoms. The summed E-state index contributed by atoms with van der Waals surface area (Å²) in [6.45, 7) is 9.21. The number of unbranched alkanes of at least 4 members (excludes halogenated alkanes) is 3. The molecule has 1 unspecified atom stereocenters. The zero-order valence-electron chi connectivity index (χ0n) is 17.8. The van der Waals surface area contributed by atoms with Gasteiger partial charge in [-0.25, -0.2) is 0 Å². The molecule has 0 spiro atoms. The third-order valence-electron chi connectivity index (χ3n) is 5.96. The van der Waals surface area contributed by atoms with Crippen molar-refractivity contribution < 1.29 is 4.43 Å². The number of hydrogen-bond donors (Lipinski definition) is 0. The highest BCUT2D eigenvalue weighted by molar-refractivity contribution is 6.73. The van der Waals surface area contributed by atoms with Crippen LogP contribution < -0.4 is 0 Å². The van der Waals surface area contributed by atoms with Crippen molar-refractivity contribution in [1.82, 2.24) is 0 Å². The van der Waals surface area contributed by atoms with Crippen LogP contribution in [0.15, 0.2) is 54.6 Å². The van der Waals surface area contributed by atoms with Gasteiger partial charge >= 0.3 is 0 Å². The molecule has 0 aliphatic rings. The molecule has 0 aliphatic heterocycles. The second kappa shape index (κ2) is 11.5. The third kappa shape index (κ3) is 6.33. The third-order valence-corrected chi connectivity index (χ3v) is 10.6. The fourth-order valence-corrected chi connectivity index (χ4v) is 6.65. The molecule has 2 aromatic rings. The van der Waals surface area contributed by atoms with Gasteiger partial charge in [-0.1, -0.05) is 89.1 Å². The molecule has 27 heavy (non-hydrogen) atoms. The zero-order valence-corrected chi connectivity index (χ0v) is 18.8. The fourth-order valence-electron chi connectivity index (χ4n) is 3.81. The van der Waals surface area contributed by atoms with Gasteiger partial charge in [0.1, 0.15) is 0 Å². The molecule has 0 saturated heterocycles. The van der Waals surface area contributed by atoms with Crippen molar-refractivity contribution in [3.05, 3.63) is 60.2 Å². The monoisotopic (exact) mass is 382 g/mol. The van der Waals surface area contributed by atoms with Crippen LogP contribution in [0.25, 0.3) is 10.8 Å². The van der Waals surface area contributed by atoms with Crippen molar-refractivity contribution >= 4 is 19.1 Å². The number of rotatable bonds is 12. The molecular formula is C25H38OSi. The van der Waals surface area contributed by atoms with Gasteiger partial charge in [0, 0.05) is 0 Å². The smallest absolute Gasteiger partial charge is 0.192 e. The minimum absolute atomic E-state index is 0.184. The molecule has 1 nitrogen and oxygen atoms in total. The molecule has 0 N–H and O–H groups in total. The van der Waals surface area contributed by atoms with E-state index in [0.29, 0.717) is 0 Å². The maximum atomic E-state index is 6.94. The lowest BCUT2D eigenvalue weighted by Gasteiger charge is -2.33. The summed E-state index contributed by atoms with van der Waals surface area (Å²) in [6.07, 6.45) is 11.0. The van der Waals surface area contributed by atoms with Crippen LogP contribution in [-0.4, -0.2) is 8.32 Å². The molecule has 0 amide bonds. The molecule has 0 radical (unpaired) electrons. The van der Waals surface area contributed by atoms with Crippen molar-refractivity contribution in [2.75, 3.05) is 0 Å². The van der Waals surface area contributed by atoms with Crippen LogP contribution in [0.4, 0.5) is 0 Å². The lowest BCUT2D eigenvalue weighted by atomic mass is 10.0. The van der Waals surface area contributed by atoms with Crippen LogP contribution in [0, 0.1) is 0 Å². The Balaban J connectivity index is 2.21. The maximum Gasteiger partial charge on any atom is 0.192 e. The van der Waals surface area contributed by atoms with Crippen molar-refractivity contribution in [2.45, 2.75) is 84.0 Å². The van der Waals surface area contributed by atoms with Crippen LogP contribution in [0.3, 0.4) is 0 Å². The van der Waals surface area contributed by atoms with Crippen LogP contribution in [-0.2, 0) is 4.43 Å². The Morgan fingerprint density at radius 2 is 1.56 bits per heavy atom. The van der Waals surface area contributed by atoms with E-state index in [1.807, 2.05) is 0 Å². The lowest BCUT2D eigenvalue weighted by molar-refractivity contribution is 0.193. The van der Waals surface area contributed by atoms with Crippen molar-refractivity contribution in [3.63, 3.8) is 0 Å². The Hall–Kier alpha value is -1.38. The Kier molecular flexibility index (Phi) is 9.30. The summed E-state index contributed by atoms with van der Waals surface area (Å²) >= 11 is 0. The van der Waals surface area contributed by atoms with Gasteiger partial charge in [-0.3, -0.25) is 0 Å². The molecular weight excluding hydrogens is 344 g/mol. The molecule has 0 aromatic heterocycles. The summed E-state index contributed by atoms with van der Waals surface area (Å²) in [5.74, 6) is 0. The first-order chi connectivity index (χ1) is 13.2. The number of allylic oxidation sites excluding steroid dienone is 1. The van der Waals surface area contributed by atoms with Crippen molar-refractivity contribution in [3.8, 4) is 0 Å². The largest absolute Gasteiger partial charge is 0.410 e.